The number of carbonyl (C=O) groups is 1. The molecule has 1 unspecified atom stereocenters. The van der Waals surface area contributed by atoms with Crippen LogP contribution in [0.25, 0.3) is 0 Å². The Morgan fingerprint density at radius 3 is 2.68 bits per heavy atom. The maximum Gasteiger partial charge on any atom is 0.223 e. The third kappa shape index (κ3) is 6.92. The van der Waals surface area contributed by atoms with Crippen LogP contribution in [-0.2, 0) is 14.6 Å². The van der Waals surface area contributed by atoms with Crippen LogP contribution in [0.4, 0.5) is 0 Å². The fourth-order valence-corrected chi connectivity index (χ4v) is 2.82. The van der Waals surface area contributed by atoms with Gasteiger partial charge in [0.25, 0.3) is 0 Å². The molecule has 0 aromatic carbocycles. The Morgan fingerprint density at radius 1 is 1.42 bits per heavy atom. The van der Waals surface area contributed by atoms with E-state index in [2.05, 4.69) is 12.2 Å². The van der Waals surface area contributed by atoms with E-state index in [0.717, 1.165) is 38.8 Å². The molecule has 0 aliphatic carbocycles. The van der Waals surface area contributed by atoms with Crippen LogP contribution in [0.1, 0.15) is 39.0 Å². The second-order valence-electron chi connectivity index (χ2n) is 5.37. The smallest absolute Gasteiger partial charge is 0.223 e. The van der Waals surface area contributed by atoms with Gasteiger partial charge in [0.05, 0.1) is 5.75 Å². The highest BCUT2D eigenvalue weighted by molar-refractivity contribution is 7.90. The summed E-state index contributed by atoms with van der Waals surface area (Å²) >= 11 is 0. The third-order valence-corrected chi connectivity index (χ3v) is 4.37. The zero-order chi connectivity index (χ0) is 14.3. The van der Waals surface area contributed by atoms with Crippen LogP contribution in [0.15, 0.2) is 0 Å². The van der Waals surface area contributed by atoms with Gasteiger partial charge in [-0.05, 0) is 25.8 Å². The number of rotatable bonds is 8. The lowest BCUT2D eigenvalue weighted by atomic mass is 10.2. The Morgan fingerprint density at radius 2 is 2.16 bits per heavy atom. The van der Waals surface area contributed by atoms with E-state index in [1.165, 1.54) is 6.26 Å². The van der Waals surface area contributed by atoms with Crippen molar-refractivity contribution in [2.24, 2.45) is 0 Å². The standard InChI is InChI=1S/C13H26N2O3S/c1-3-4-9-15(11-12-6-5-8-14-12)13(16)7-10-19(2,17)18/h12,14H,3-11H2,1-2H3. The lowest BCUT2D eigenvalue weighted by molar-refractivity contribution is -0.131. The molecular formula is C13H26N2O3S. The quantitative estimate of drug-likeness (QED) is 0.718. The van der Waals surface area contributed by atoms with E-state index >= 15 is 0 Å². The van der Waals surface area contributed by atoms with Crippen molar-refractivity contribution in [2.45, 2.75) is 45.1 Å². The molecule has 19 heavy (non-hydrogen) atoms. The molecule has 1 aliphatic rings. The van der Waals surface area contributed by atoms with E-state index in [1.807, 2.05) is 4.90 Å². The summed E-state index contributed by atoms with van der Waals surface area (Å²) in [6.07, 6.45) is 5.54. The SMILES string of the molecule is CCCCN(CC1CCCN1)C(=O)CCS(C)(=O)=O. The van der Waals surface area contributed by atoms with Gasteiger partial charge in [-0.25, -0.2) is 8.42 Å². The summed E-state index contributed by atoms with van der Waals surface area (Å²) in [5.41, 5.74) is 0. The molecule has 1 aliphatic heterocycles. The first-order chi connectivity index (χ1) is 8.92. The van der Waals surface area contributed by atoms with Crippen LogP contribution in [-0.4, -0.2) is 56.9 Å². The molecule has 5 nitrogen and oxygen atoms in total. The molecule has 1 heterocycles. The molecule has 1 saturated heterocycles. The first-order valence-corrected chi connectivity index (χ1v) is 9.17. The van der Waals surface area contributed by atoms with Gasteiger partial charge in [0.2, 0.25) is 5.91 Å². The second kappa shape index (κ2) is 7.85. The van der Waals surface area contributed by atoms with Gasteiger partial charge < -0.3 is 10.2 Å². The van der Waals surface area contributed by atoms with Gasteiger partial charge in [-0.3, -0.25) is 4.79 Å². The summed E-state index contributed by atoms with van der Waals surface area (Å²) in [6, 6.07) is 0.374. The molecule has 1 N–H and O–H groups in total. The summed E-state index contributed by atoms with van der Waals surface area (Å²) in [7, 11) is -3.06. The molecule has 0 aromatic rings. The molecule has 0 bridgehead atoms. The number of sulfone groups is 1. The van der Waals surface area contributed by atoms with Crippen LogP contribution in [0.5, 0.6) is 0 Å². The minimum absolute atomic E-state index is 0.0347. The average Bonchev–Trinajstić information content (AvgIpc) is 2.83. The lowest BCUT2D eigenvalue weighted by Crippen LogP contribution is -2.42. The minimum atomic E-state index is -3.06. The van der Waals surface area contributed by atoms with Gasteiger partial charge in [-0.1, -0.05) is 13.3 Å². The van der Waals surface area contributed by atoms with Gasteiger partial charge in [-0.2, -0.15) is 0 Å². The van der Waals surface area contributed by atoms with Crippen molar-refractivity contribution in [1.29, 1.82) is 0 Å². The zero-order valence-electron chi connectivity index (χ0n) is 12.0. The zero-order valence-corrected chi connectivity index (χ0v) is 12.8. The van der Waals surface area contributed by atoms with Crippen molar-refractivity contribution >= 4 is 15.7 Å². The Hall–Kier alpha value is -0.620. The molecule has 0 saturated carbocycles. The van der Waals surface area contributed by atoms with Gasteiger partial charge in [0.15, 0.2) is 0 Å². The largest absolute Gasteiger partial charge is 0.341 e. The molecule has 1 amide bonds. The molecule has 0 aromatic heterocycles. The summed E-state index contributed by atoms with van der Waals surface area (Å²) in [5.74, 6) is -0.0837. The van der Waals surface area contributed by atoms with Gasteiger partial charge in [-0.15, -0.1) is 0 Å². The molecule has 112 valence electrons. The Balaban J connectivity index is 2.48. The first kappa shape index (κ1) is 16.4. The Kier molecular flexibility index (Phi) is 6.79. The number of hydrogen-bond donors (Lipinski definition) is 1. The van der Waals surface area contributed by atoms with Crippen molar-refractivity contribution in [1.82, 2.24) is 10.2 Å². The maximum atomic E-state index is 12.1. The van der Waals surface area contributed by atoms with Crippen molar-refractivity contribution in [3.63, 3.8) is 0 Å². The maximum absolute atomic E-state index is 12.1. The van der Waals surface area contributed by atoms with E-state index in [9.17, 15) is 13.2 Å². The average molecular weight is 290 g/mol. The predicted octanol–water partition coefficient (Wildman–Crippen LogP) is 0.802. The highest BCUT2D eigenvalue weighted by Crippen LogP contribution is 2.09. The van der Waals surface area contributed by atoms with E-state index < -0.39 is 9.84 Å². The van der Waals surface area contributed by atoms with Crippen molar-refractivity contribution in [3.05, 3.63) is 0 Å². The molecule has 0 radical (unpaired) electrons. The highest BCUT2D eigenvalue weighted by atomic mass is 32.2. The molecule has 1 rings (SSSR count). The summed E-state index contributed by atoms with van der Waals surface area (Å²) < 4.78 is 22.3. The lowest BCUT2D eigenvalue weighted by Gasteiger charge is -2.26. The normalized spacial score (nSPS) is 19.6. The van der Waals surface area contributed by atoms with Crippen LogP contribution in [0, 0.1) is 0 Å². The van der Waals surface area contributed by atoms with E-state index in [0.29, 0.717) is 12.6 Å². The van der Waals surface area contributed by atoms with Crippen molar-refractivity contribution in [3.8, 4) is 0 Å². The summed E-state index contributed by atoms with van der Waals surface area (Å²) in [5, 5.41) is 3.38. The van der Waals surface area contributed by atoms with Crippen molar-refractivity contribution < 1.29 is 13.2 Å². The fraction of sp³-hybridized carbons (Fsp3) is 0.923. The van der Waals surface area contributed by atoms with Gasteiger partial charge >= 0.3 is 0 Å². The number of amides is 1. The van der Waals surface area contributed by atoms with E-state index in [1.54, 1.807) is 0 Å². The molecule has 0 spiro atoms. The van der Waals surface area contributed by atoms with Crippen LogP contribution in [0.2, 0.25) is 0 Å². The molecule has 1 atom stereocenters. The summed E-state index contributed by atoms with van der Waals surface area (Å²) in [6.45, 7) is 4.55. The second-order valence-corrected chi connectivity index (χ2v) is 7.63. The van der Waals surface area contributed by atoms with Gasteiger partial charge in [0, 0.05) is 31.8 Å². The van der Waals surface area contributed by atoms with Crippen molar-refractivity contribution in [2.75, 3.05) is 31.6 Å². The van der Waals surface area contributed by atoms with Crippen LogP contribution >= 0.6 is 0 Å². The molecule has 1 fully saturated rings. The van der Waals surface area contributed by atoms with Gasteiger partial charge in [0.1, 0.15) is 9.84 Å². The minimum Gasteiger partial charge on any atom is -0.341 e. The number of nitrogens with zero attached hydrogens (tertiary/aromatic N) is 1. The number of unbranched alkanes of at least 4 members (excludes halogenated alkanes) is 1. The van der Waals surface area contributed by atoms with Crippen LogP contribution < -0.4 is 5.32 Å². The molecular weight excluding hydrogens is 264 g/mol. The van der Waals surface area contributed by atoms with E-state index in [4.69, 9.17) is 0 Å². The fourth-order valence-electron chi connectivity index (χ4n) is 2.28. The predicted molar refractivity (Wildman–Crippen MR) is 76.8 cm³/mol. The Labute approximate surface area is 116 Å². The Bertz CT molecular complexity index is 375. The third-order valence-electron chi connectivity index (χ3n) is 3.42. The summed E-state index contributed by atoms with van der Waals surface area (Å²) in [4.78, 5) is 13.9. The molecule has 6 heteroatoms. The monoisotopic (exact) mass is 290 g/mol. The highest BCUT2D eigenvalue weighted by Gasteiger charge is 2.21. The number of nitrogens with one attached hydrogen (secondary N) is 1. The first-order valence-electron chi connectivity index (χ1n) is 7.11. The van der Waals surface area contributed by atoms with E-state index in [-0.39, 0.29) is 18.1 Å². The van der Waals surface area contributed by atoms with Crippen LogP contribution in [0.3, 0.4) is 0 Å². The topological polar surface area (TPSA) is 66.5 Å². The number of hydrogen-bond acceptors (Lipinski definition) is 4. The number of carbonyl (C=O) groups excluding carboxylic acids is 1.